The molecule has 26 heavy (non-hydrogen) atoms. The number of hydrogen-bond donors (Lipinski definition) is 1. The fraction of sp³-hybridized carbons (Fsp3) is 0.389. The number of carbonyl (C=O) groups is 3. The molecule has 0 radical (unpaired) electrons. The van der Waals surface area contributed by atoms with Crippen molar-refractivity contribution in [1.29, 1.82) is 0 Å². The molecule has 1 aliphatic heterocycles. The van der Waals surface area contributed by atoms with Gasteiger partial charge in [0.2, 0.25) is 5.13 Å². The van der Waals surface area contributed by atoms with Crippen LogP contribution in [0.4, 0.5) is 5.13 Å². The first-order chi connectivity index (χ1) is 12.5. The van der Waals surface area contributed by atoms with Gasteiger partial charge in [-0.2, -0.15) is 4.37 Å². The molecule has 134 valence electrons. The van der Waals surface area contributed by atoms with Gasteiger partial charge in [0.25, 0.3) is 17.7 Å². The Bertz CT molecular complexity index is 902. The lowest BCUT2D eigenvalue weighted by Crippen LogP contribution is -2.40. The Morgan fingerprint density at radius 1 is 1.15 bits per heavy atom. The lowest BCUT2D eigenvalue weighted by molar-refractivity contribution is 0.0549. The predicted molar refractivity (Wildman–Crippen MR) is 96.4 cm³/mol. The molecule has 1 N–H and O–H groups in total. The number of benzene rings is 1. The number of nitrogens with zero attached hydrogens (tertiary/aromatic N) is 3. The number of nitrogens with one attached hydrogen (secondary N) is 1. The molecular formula is C18H18N4O3S. The second-order valence-electron chi connectivity index (χ2n) is 6.63. The number of fused-ring (bicyclic) bond motifs is 1. The molecule has 1 fully saturated rings. The van der Waals surface area contributed by atoms with Crippen molar-refractivity contribution in [2.24, 2.45) is 0 Å². The van der Waals surface area contributed by atoms with Crippen LogP contribution in [0.15, 0.2) is 18.2 Å². The van der Waals surface area contributed by atoms with Crippen molar-refractivity contribution in [3.05, 3.63) is 40.7 Å². The van der Waals surface area contributed by atoms with Crippen LogP contribution in [0, 0.1) is 6.92 Å². The third-order valence-electron chi connectivity index (χ3n) is 4.87. The Morgan fingerprint density at radius 2 is 1.88 bits per heavy atom. The Kier molecular flexibility index (Phi) is 4.28. The van der Waals surface area contributed by atoms with Gasteiger partial charge in [0.1, 0.15) is 5.82 Å². The van der Waals surface area contributed by atoms with Crippen molar-refractivity contribution >= 4 is 34.4 Å². The van der Waals surface area contributed by atoms with Gasteiger partial charge in [-0.05, 0) is 38.0 Å². The minimum atomic E-state index is -0.375. The van der Waals surface area contributed by atoms with Gasteiger partial charge in [0.15, 0.2) is 0 Å². The number of aromatic nitrogens is 2. The van der Waals surface area contributed by atoms with E-state index < -0.39 is 0 Å². The molecule has 8 heteroatoms. The van der Waals surface area contributed by atoms with Crippen LogP contribution in [0.25, 0.3) is 0 Å². The van der Waals surface area contributed by atoms with E-state index in [-0.39, 0.29) is 23.8 Å². The van der Waals surface area contributed by atoms with E-state index in [4.69, 9.17) is 0 Å². The highest BCUT2D eigenvalue weighted by Crippen LogP contribution is 2.31. The average Bonchev–Trinajstić information content (AvgIpc) is 3.16. The minimum absolute atomic E-state index is 0.0298. The molecule has 1 aromatic carbocycles. The Hall–Kier alpha value is -2.61. The van der Waals surface area contributed by atoms with E-state index >= 15 is 0 Å². The van der Waals surface area contributed by atoms with Crippen molar-refractivity contribution < 1.29 is 14.4 Å². The Balaban J connectivity index is 1.58. The van der Waals surface area contributed by atoms with E-state index in [0.29, 0.717) is 27.6 Å². The fourth-order valence-corrected chi connectivity index (χ4v) is 4.16. The number of hydrogen-bond acceptors (Lipinski definition) is 6. The topological polar surface area (TPSA) is 92.3 Å². The van der Waals surface area contributed by atoms with E-state index in [1.54, 1.807) is 19.1 Å². The van der Waals surface area contributed by atoms with Gasteiger partial charge in [-0.3, -0.25) is 24.6 Å². The van der Waals surface area contributed by atoms with Gasteiger partial charge >= 0.3 is 0 Å². The molecular weight excluding hydrogens is 352 g/mol. The molecule has 0 atom stereocenters. The number of rotatable bonds is 3. The first-order valence-electron chi connectivity index (χ1n) is 8.68. The summed E-state index contributed by atoms with van der Waals surface area (Å²) in [6.45, 7) is 1.74. The number of imide groups is 1. The molecule has 1 saturated carbocycles. The zero-order chi connectivity index (χ0) is 18.3. The van der Waals surface area contributed by atoms with Crippen LogP contribution in [-0.4, -0.2) is 38.0 Å². The van der Waals surface area contributed by atoms with Crippen LogP contribution >= 0.6 is 11.5 Å². The smallest absolute Gasteiger partial charge is 0.261 e. The molecule has 3 amide bonds. The van der Waals surface area contributed by atoms with Gasteiger partial charge in [-0.15, -0.1) is 0 Å². The normalized spacial score (nSPS) is 17.5. The maximum absolute atomic E-state index is 12.8. The number of amides is 3. The molecule has 0 unspecified atom stereocenters. The molecule has 7 nitrogen and oxygen atoms in total. The van der Waals surface area contributed by atoms with E-state index in [9.17, 15) is 14.4 Å². The van der Waals surface area contributed by atoms with Gasteiger partial charge in [0.05, 0.1) is 11.1 Å². The van der Waals surface area contributed by atoms with Crippen LogP contribution < -0.4 is 5.32 Å². The quantitative estimate of drug-likeness (QED) is 0.839. The highest BCUT2D eigenvalue weighted by atomic mass is 32.1. The number of aryl methyl sites for hydroxylation is 1. The second kappa shape index (κ2) is 6.60. The molecule has 4 rings (SSSR count). The van der Waals surface area contributed by atoms with Crippen LogP contribution in [-0.2, 0) is 0 Å². The third kappa shape index (κ3) is 2.90. The van der Waals surface area contributed by atoms with E-state index in [1.165, 1.54) is 11.0 Å². The van der Waals surface area contributed by atoms with Gasteiger partial charge in [0, 0.05) is 23.1 Å². The molecule has 2 heterocycles. The Labute approximate surface area is 154 Å². The zero-order valence-corrected chi connectivity index (χ0v) is 15.1. The second-order valence-corrected chi connectivity index (χ2v) is 7.39. The number of anilines is 1. The fourth-order valence-electron chi connectivity index (χ4n) is 3.59. The van der Waals surface area contributed by atoms with Crippen LogP contribution in [0.5, 0.6) is 0 Å². The van der Waals surface area contributed by atoms with E-state index in [2.05, 4.69) is 14.7 Å². The van der Waals surface area contributed by atoms with Crippen molar-refractivity contribution in [3.63, 3.8) is 0 Å². The summed E-state index contributed by atoms with van der Waals surface area (Å²) in [5, 5.41) is 3.07. The highest BCUT2D eigenvalue weighted by Gasteiger charge is 2.40. The standard InChI is InChI=1S/C18H18N4O3S/c1-10-19-18(26-21-10)20-15(23)11-7-8-13-14(9-11)17(25)22(16(13)24)12-5-3-2-4-6-12/h7-9,12H,2-6H2,1H3,(H,19,20,21,23). The molecule has 0 saturated heterocycles. The van der Waals surface area contributed by atoms with Crippen molar-refractivity contribution in [2.45, 2.75) is 45.1 Å². The minimum Gasteiger partial charge on any atom is -0.297 e. The highest BCUT2D eigenvalue weighted by molar-refractivity contribution is 7.09. The molecule has 2 aromatic rings. The lowest BCUT2D eigenvalue weighted by Gasteiger charge is -2.29. The summed E-state index contributed by atoms with van der Waals surface area (Å²) >= 11 is 1.10. The largest absolute Gasteiger partial charge is 0.297 e. The molecule has 1 aliphatic carbocycles. The van der Waals surface area contributed by atoms with E-state index in [0.717, 1.165) is 43.6 Å². The first-order valence-corrected chi connectivity index (χ1v) is 9.45. The maximum Gasteiger partial charge on any atom is 0.261 e. The van der Waals surface area contributed by atoms with Crippen LogP contribution in [0.2, 0.25) is 0 Å². The average molecular weight is 370 g/mol. The maximum atomic E-state index is 12.8. The van der Waals surface area contributed by atoms with Gasteiger partial charge in [-0.1, -0.05) is 19.3 Å². The van der Waals surface area contributed by atoms with Crippen LogP contribution in [0.3, 0.4) is 0 Å². The summed E-state index contributed by atoms with van der Waals surface area (Å²) in [4.78, 5) is 43.4. The summed E-state index contributed by atoms with van der Waals surface area (Å²) < 4.78 is 4.02. The van der Waals surface area contributed by atoms with Crippen molar-refractivity contribution in [3.8, 4) is 0 Å². The van der Waals surface area contributed by atoms with Gasteiger partial charge < -0.3 is 0 Å². The lowest BCUT2D eigenvalue weighted by atomic mass is 9.94. The summed E-state index contributed by atoms with van der Waals surface area (Å²) in [6, 6.07) is 4.61. The molecule has 1 aromatic heterocycles. The van der Waals surface area contributed by atoms with Crippen molar-refractivity contribution in [2.75, 3.05) is 5.32 Å². The van der Waals surface area contributed by atoms with Crippen LogP contribution in [0.1, 0.15) is 69.0 Å². The third-order valence-corrected chi connectivity index (χ3v) is 5.59. The van der Waals surface area contributed by atoms with E-state index in [1.807, 2.05) is 0 Å². The zero-order valence-electron chi connectivity index (χ0n) is 14.3. The summed E-state index contributed by atoms with van der Waals surface area (Å²) in [7, 11) is 0. The molecule has 2 aliphatic rings. The SMILES string of the molecule is Cc1nsc(NC(=O)c2ccc3c(c2)C(=O)N(C2CCCCC2)C3=O)n1. The molecule has 0 spiro atoms. The number of carbonyl (C=O) groups excluding carboxylic acids is 3. The summed E-state index contributed by atoms with van der Waals surface area (Å²) in [5.41, 5.74) is 1.01. The van der Waals surface area contributed by atoms with Gasteiger partial charge in [-0.25, -0.2) is 4.98 Å². The predicted octanol–water partition coefficient (Wildman–Crippen LogP) is 3.03. The first kappa shape index (κ1) is 16.8. The monoisotopic (exact) mass is 370 g/mol. The Morgan fingerprint density at radius 3 is 2.58 bits per heavy atom. The summed E-state index contributed by atoms with van der Waals surface area (Å²) in [6.07, 6.45) is 4.93. The summed E-state index contributed by atoms with van der Waals surface area (Å²) in [5.74, 6) is -0.328. The van der Waals surface area contributed by atoms with Crippen molar-refractivity contribution in [1.82, 2.24) is 14.3 Å². The molecule has 0 bridgehead atoms.